The van der Waals surface area contributed by atoms with Crippen LogP contribution in [-0.4, -0.2) is 22.6 Å². The first-order valence-electron chi connectivity index (χ1n) is 4.10. The van der Waals surface area contributed by atoms with E-state index in [0.29, 0.717) is 0 Å². The van der Waals surface area contributed by atoms with Crippen LogP contribution in [0.1, 0.15) is 11.3 Å². The first-order chi connectivity index (χ1) is 5.83. The van der Waals surface area contributed by atoms with E-state index in [2.05, 4.69) is 16.7 Å². The second kappa shape index (κ2) is 3.01. The van der Waals surface area contributed by atoms with Gasteiger partial charge in [0.05, 0.1) is 5.69 Å². The smallest absolute Gasteiger partial charge is 0.127 e. The number of rotatable bonds is 2. The maximum atomic E-state index is 4.46. The quantitative estimate of drug-likeness (QED) is 0.748. The van der Waals surface area contributed by atoms with Crippen molar-refractivity contribution in [3.05, 3.63) is 11.3 Å². The van der Waals surface area contributed by atoms with Crippen molar-refractivity contribution in [3.63, 3.8) is 0 Å². The molecular formula is C8H13N3S. The summed E-state index contributed by atoms with van der Waals surface area (Å²) in [5, 5.41) is 7.79. The lowest BCUT2D eigenvalue weighted by Crippen LogP contribution is -2.01. The third-order valence-electron chi connectivity index (χ3n) is 2.18. The van der Waals surface area contributed by atoms with Crippen LogP contribution < -0.4 is 5.32 Å². The number of anilines is 1. The number of thioether (sulfide) groups is 1. The predicted molar refractivity (Wildman–Crippen MR) is 52.6 cm³/mol. The molecule has 4 heteroatoms. The zero-order chi connectivity index (χ0) is 8.55. The molecular weight excluding hydrogens is 170 g/mol. The molecule has 0 bridgehead atoms. The highest BCUT2D eigenvalue weighted by atomic mass is 32.2. The Kier molecular flexibility index (Phi) is 2.00. The van der Waals surface area contributed by atoms with Crippen LogP contribution in [0.3, 0.4) is 0 Å². The fourth-order valence-electron chi connectivity index (χ4n) is 1.67. The van der Waals surface area contributed by atoms with Gasteiger partial charge in [-0.25, -0.2) is 0 Å². The first-order valence-corrected chi connectivity index (χ1v) is 5.50. The Morgan fingerprint density at radius 1 is 1.67 bits per heavy atom. The second-order valence-electron chi connectivity index (χ2n) is 3.01. The second-order valence-corrected chi connectivity index (χ2v) is 3.87. The largest absolute Gasteiger partial charge is 0.370 e. The normalized spacial score (nSPS) is 14.5. The van der Waals surface area contributed by atoms with Gasteiger partial charge in [-0.1, -0.05) is 0 Å². The molecule has 0 spiro atoms. The van der Waals surface area contributed by atoms with E-state index in [1.165, 1.54) is 17.1 Å². The molecule has 0 unspecified atom stereocenters. The minimum absolute atomic E-state index is 1.03. The molecule has 0 radical (unpaired) electrons. The van der Waals surface area contributed by atoms with Crippen LogP contribution >= 0.6 is 11.8 Å². The van der Waals surface area contributed by atoms with Gasteiger partial charge < -0.3 is 5.32 Å². The molecule has 0 atom stereocenters. The molecule has 0 fully saturated rings. The molecule has 0 saturated heterocycles. The third-order valence-corrected chi connectivity index (χ3v) is 2.74. The van der Waals surface area contributed by atoms with Crippen molar-refractivity contribution in [1.82, 2.24) is 9.78 Å². The van der Waals surface area contributed by atoms with Crippen LogP contribution in [-0.2, 0) is 19.2 Å². The molecule has 1 N–H and O–H groups in total. The number of hydrogen-bond acceptors (Lipinski definition) is 3. The maximum absolute atomic E-state index is 4.46. The van der Waals surface area contributed by atoms with Crippen LogP contribution in [0.15, 0.2) is 0 Å². The molecule has 0 aromatic carbocycles. The summed E-state index contributed by atoms with van der Waals surface area (Å²) in [5.41, 5.74) is 2.68. The van der Waals surface area contributed by atoms with E-state index in [1.807, 2.05) is 23.5 Å². The highest BCUT2D eigenvalue weighted by Gasteiger charge is 2.19. The summed E-state index contributed by atoms with van der Waals surface area (Å²) in [7, 11) is 2.00. The van der Waals surface area contributed by atoms with Gasteiger partial charge in [0.25, 0.3) is 0 Å². The summed E-state index contributed by atoms with van der Waals surface area (Å²) >= 11 is 1.83. The molecule has 2 heterocycles. The minimum atomic E-state index is 1.03. The van der Waals surface area contributed by atoms with Crippen molar-refractivity contribution in [1.29, 1.82) is 0 Å². The summed E-state index contributed by atoms with van der Waals surface area (Å²) < 4.78 is 1.95. The Morgan fingerprint density at radius 3 is 3.25 bits per heavy atom. The van der Waals surface area contributed by atoms with Crippen LogP contribution in [0.25, 0.3) is 0 Å². The van der Waals surface area contributed by atoms with Gasteiger partial charge in [0.1, 0.15) is 5.82 Å². The fourth-order valence-corrected chi connectivity index (χ4v) is 2.17. The first kappa shape index (κ1) is 7.98. The predicted octanol–water partition coefficient (Wildman–Crippen LogP) is 1.25. The van der Waals surface area contributed by atoms with Gasteiger partial charge >= 0.3 is 0 Å². The molecule has 66 valence electrons. The number of nitrogens with one attached hydrogen (secondary N) is 1. The minimum Gasteiger partial charge on any atom is -0.370 e. The average molecular weight is 183 g/mol. The zero-order valence-electron chi connectivity index (χ0n) is 7.42. The van der Waals surface area contributed by atoms with Crippen molar-refractivity contribution in [2.24, 2.45) is 7.05 Å². The van der Waals surface area contributed by atoms with Crippen molar-refractivity contribution < 1.29 is 0 Å². The summed E-state index contributed by atoms with van der Waals surface area (Å²) in [4.78, 5) is 0. The number of aryl methyl sites for hydroxylation is 1. The summed E-state index contributed by atoms with van der Waals surface area (Å²) in [6.45, 7) is 1.07. The fraction of sp³-hybridized carbons (Fsp3) is 0.625. The lowest BCUT2D eigenvalue weighted by atomic mass is 10.2. The summed E-state index contributed by atoms with van der Waals surface area (Å²) in [6.07, 6.45) is 3.25. The molecule has 1 aliphatic heterocycles. The van der Waals surface area contributed by atoms with Gasteiger partial charge in [-0.05, 0) is 12.7 Å². The van der Waals surface area contributed by atoms with Crippen LogP contribution in [0, 0.1) is 0 Å². The number of fused-ring (bicyclic) bond motifs is 1. The van der Waals surface area contributed by atoms with Crippen LogP contribution in [0.4, 0.5) is 5.82 Å². The molecule has 0 amide bonds. The molecule has 2 rings (SSSR count). The van der Waals surface area contributed by atoms with Crippen molar-refractivity contribution >= 4 is 17.6 Å². The van der Waals surface area contributed by atoms with Crippen molar-refractivity contribution in [3.8, 4) is 0 Å². The lowest BCUT2D eigenvalue weighted by molar-refractivity contribution is 0.757. The van der Waals surface area contributed by atoms with Gasteiger partial charge in [-0.15, -0.1) is 0 Å². The van der Waals surface area contributed by atoms with Crippen LogP contribution in [0.2, 0.25) is 0 Å². The van der Waals surface area contributed by atoms with Crippen LogP contribution in [0.5, 0.6) is 0 Å². The molecule has 3 nitrogen and oxygen atoms in total. The maximum Gasteiger partial charge on any atom is 0.127 e. The monoisotopic (exact) mass is 183 g/mol. The zero-order valence-corrected chi connectivity index (χ0v) is 8.24. The number of aromatic nitrogens is 2. The van der Waals surface area contributed by atoms with E-state index in [1.54, 1.807) is 0 Å². The summed E-state index contributed by atoms with van der Waals surface area (Å²) in [5.74, 6) is 2.25. The highest BCUT2D eigenvalue weighted by molar-refractivity contribution is 7.97. The van der Waals surface area contributed by atoms with E-state index in [-0.39, 0.29) is 0 Å². The molecule has 1 aromatic rings. The van der Waals surface area contributed by atoms with E-state index in [4.69, 9.17) is 0 Å². The van der Waals surface area contributed by atoms with Gasteiger partial charge in [0.15, 0.2) is 0 Å². The Morgan fingerprint density at radius 2 is 2.50 bits per heavy atom. The van der Waals surface area contributed by atoms with Crippen molar-refractivity contribution in [2.45, 2.75) is 12.2 Å². The Balaban J connectivity index is 2.37. The highest BCUT2D eigenvalue weighted by Crippen LogP contribution is 2.26. The van der Waals surface area contributed by atoms with E-state index < -0.39 is 0 Å². The lowest BCUT2D eigenvalue weighted by Gasteiger charge is -1.96. The van der Waals surface area contributed by atoms with E-state index in [0.717, 1.165) is 18.7 Å². The standard InChI is InChI=1S/C8H13N3S/c1-11-8-6(3-4-9-8)7(10-11)5-12-2/h9H,3-5H2,1-2H3. The van der Waals surface area contributed by atoms with Gasteiger partial charge in [-0.2, -0.15) is 16.9 Å². The third kappa shape index (κ3) is 1.10. The van der Waals surface area contributed by atoms with Gasteiger partial charge in [0.2, 0.25) is 0 Å². The molecule has 12 heavy (non-hydrogen) atoms. The van der Waals surface area contributed by atoms with Gasteiger partial charge in [-0.3, -0.25) is 4.68 Å². The SMILES string of the molecule is CSCc1nn(C)c2c1CCN2. The molecule has 1 aromatic heterocycles. The van der Waals surface area contributed by atoms with Gasteiger partial charge in [0, 0.05) is 24.9 Å². The van der Waals surface area contributed by atoms with E-state index in [9.17, 15) is 0 Å². The molecule has 0 saturated carbocycles. The topological polar surface area (TPSA) is 29.9 Å². The molecule has 0 aliphatic carbocycles. The Labute approximate surface area is 76.5 Å². The number of hydrogen-bond donors (Lipinski definition) is 1. The van der Waals surface area contributed by atoms with Crippen molar-refractivity contribution in [2.75, 3.05) is 18.1 Å². The number of nitrogens with zero attached hydrogens (tertiary/aromatic N) is 2. The summed E-state index contributed by atoms with van der Waals surface area (Å²) in [6, 6.07) is 0. The molecule has 1 aliphatic rings. The Hall–Kier alpha value is -0.640. The Bertz CT molecular complexity index is 293. The van der Waals surface area contributed by atoms with E-state index >= 15 is 0 Å². The average Bonchev–Trinajstić information content (AvgIpc) is 2.58.